The van der Waals surface area contributed by atoms with E-state index in [1.807, 2.05) is 4.90 Å². The number of nitrogens with two attached hydrogens (primary N) is 2. The van der Waals surface area contributed by atoms with Gasteiger partial charge in [0.05, 0.1) is 52.5 Å². The van der Waals surface area contributed by atoms with Crippen LogP contribution in [0.3, 0.4) is 0 Å². The summed E-state index contributed by atoms with van der Waals surface area (Å²) in [7, 11) is 2.85. The highest BCUT2D eigenvalue weighted by Crippen LogP contribution is 2.46. The number of nitrogen functional groups attached to an aromatic ring is 1. The largest absolute Gasteiger partial charge is 0.461 e. The van der Waals surface area contributed by atoms with Gasteiger partial charge in [0, 0.05) is 57.7 Å². The minimum absolute atomic E-state index is 0.0521. The Labute approximate surface area is 289 Å². The Bertz CT molecular complexity index is 1740. The number of likely N-dealkylation sites (N-methyl/N-ethyl adjacent to an activating group) is 1. The van der Waals surface area contributed by atoms with Crippen LogP contribution < -0.4 is 21.1 Å². The van der Waals surface area contributed by atoms with E-state index < -0.39 is 69.1 Å². The van der Waals surface area contributed by atoms with Gasteiger partial charge in [-0.25, -0.2) is 13.2 Å². The Morgan fingerprint density at radius 2 is 2.00 bits per heavy atom. The average Bonchev–Trinajstić information content (AvgIpc) is 3.46. The summed E-state index contributed by atoms with van der Waals surface area (Å²) in [4.78, 5) is 30.8. The highest BCUT2D eigenvalue weighted by molar-refractivity contribution is 6.31. The van der Waals surface area contributed by atoms with Gasteiger partial charge in [-0.1, -0.05) is 11.6 Å². The van der Waals surface area contributed by atoms with Gasteiger partial charge in [-0.2, -0.15) is 23.1 Å². The summed E-state index contributed by atoms with van der Waals surface area (Å²) in [6, 6.07) is 0.555. The lowest BCUT2D eigenvalue weighted by Crippen LogP contribution is -2.43. The Hall–Kier alpha value is -3.83. The Balaban J connectivity index is 1.40. The number of alkyl halides is 4. The van der Waals surface area contributed by atoms with Crippen LogP contribution in [0.4, 0.5) is 37.8 Å². The molecule has 3 atom stereocenters. The SMILES string of the molecule is CN(C)C(=O)/C(N)=C(\F)C1=NCCCN(c2nc(OC[C@@]34CCCN3C[C@H](F)C4)nc3c2COC(c2c(F)c(N)cc(Cl)c2C(F)(F)F)C3)C1. The minimum atomic E-state index is -5.03. The Morgan fingerprint density at radius 3 is 2.72 bits per heavy atom. The molecule has 0 saturated carbocycles. The molecule has 18 heteroatoms. The summed E-state index contributed by atoms with van der Waals surface area (Å²) in [5, 5.41) is -0.783. The number of benzene rings is 1. The molecule has 4 aliphatic heterocycles. The van der Waals surface area contributed by atoms with Crippen LogP contribution in [0.15, 0.2) is 22.6 Å². The molecular formula is C32H37ClF6N8O3. The van der Waals surface area contributed by atoms with Crippen molar-refractivity contribution >= 4 is 34.7 Å². The number of halogens is 7. The first kappa shape index (κ1) is 36.0. The van der Waals surface area contributed by atoms with Crippen molar-refractivity contribution in [3.63, 3.8) is 0 Å². The summed E-state index contributed by atoms with van der Waals surface area (Å²) in [6.07, 6.45) is -5.65. The number of amides is 1. The fourth-order valence-corrected chi connectivity index (χ4v) is 7.57. The van der Waals surface area contributed by atoms with E-state index in [0.717, 1.165) is 11.3 Å². The Morgan fingerprint density at radius 1 is 1.24 bits per heavy atom. The summed E-state index contributed by atoms with van der Waals surface area (Å²) in [6.45, 7) is 1.01. The number of carbonyl (C=O) groups excluding carboxylic acids is 1. The average molecular weight is 731 g/mol. The fourth-order valence-electron chi connectivity index (χ4n) is 7.24. The lowest BCUT2D eigenvalue weighted by molar-refractivity contribution is -0.140. The van der Waals surface area contributed by atoms with E-state index in [1.165, 1.54) is 14.1 Å². The zero-order valence-electron chi connectivity index (χ0n) is 27.4. The number of hydrogen-bond acceptors (Lipinski definition) is 10. The van der Waals surface area contributed by atoms with Gasteiger partial charge in [0.1, 0.15) is 24.3 Å². The van der Waals surface area contributed by atoms with Gasteiger partial charge >= 0.3 is 12.2 Å². The standard InChI is InChI=1S/C32H37ClF6N8O3/c1-45(2)29(48)27(41)26(36)21-13-46(7-4-6-42-21)28-17-14-49-22(23-24(32(37,38)39)18(33)9-19(40)25(23)35)10-20(17)43-30(44-28)50-15-31-5-3-8-47(31)12-16(34)11-31/h9,16,22H,3-8,10-15,40-41H2,1-2H3/b27-26+/t16-,22?,31+/m1/s1. The van der Waals surface area contributed by atoms with Crippen LogP contribution in [0.2, 0.25) is 5.02 Å². The topological polar surface area (TPSA) is 135 Å². The second-order valence-electron chi connectivity index (χ2n) is 13.2. The molecule has 1 amide bonds. The molecule has 4 N–H and O–H groups in total. The van der Waals surface area contributed by atoms with Crippen LogP contribution in [0, 0.1) is 5.82 Å². The molecule has 1 aromatic carbocycles. The van der Waals surface area contributed by atoms with Crippen LogP contribution in [0.5, 0.6) is 6.01 Å². The van der Waals surface area contributed by atoms with Crippen molar-refractivity contribution in [3.8, 4) is 6.01 Å². The molecular weight excluding hydrogens is 694 g/mol. The molecule has 0 spiro atoms. The predicted molar refractivity (Wildman–Crippen MR) is 173 cm³/mol. The molecule has 2 aromatic rings. The first-order valence-electron chi connectivity index (χ1n) is 16.1. The van der Waals surface area contributed by atoms with Crippen molar-refractivity contribution in [2.45, 2.75) is 62.7 Å². The zero-order valence-corrected chi connectivity index (χ0v) is 28.2. The van der Waals surface area contributed by atoms with Crippen LogP contribution in [-0.2, 0) is 28.7 Å². The van der Waals surface area contributed by atoms with Gasteiger partial charge < -0.3 is 30.7 Å². The third kappa shape index (κ3) is 6.78. The molecule has 4 aliphatic rings. The summed E-state index contributed by atoms with van der Waals surface area (Å²) < 4.78 is 100. The van der Waals surface area contributed by atoms with Crippen molar-refractivity contribution in [2.24, 2.45) is 10.7 Å². The number of ether oxygens (including phenoxy) is 2. The number of fused-ring (bicyclic) bond motifs is 2. The van der Waals surface area contributed by atoms with Gasteiger partial charge in [0.2, 0.25) is 0 Å². The molecule has 6 rings (SSSR count). The monoisotopic (exact) mass is 730 g/mol. The quantitative estimate of drug-likeness (QED) is 0.240. The molecule has 2 saturated heterocycles. The molecule has 50 heavy (non-hydrogen) atoms. The van der Waals surface area contributed by atoms with Crippen molar-refractivity contribution in [3.05, 3.63) is 50.8 Å². The second kappa shape index (κ2) is 13.7. The molecule has 5 heterocycles. The Kier molecular flexibility index (Phi) is 9.87. The molecule has 11 nitrogen and oxygen atoms in total. The zero-order chi connectivity index (χ0) is 36.1. The van der Waals surface area contributed by atoms with Crippen LogP contribution >= 0.6 is 11.6 Å². The normalized spacial score (nSPS) is 24.7. The minimum Gasteiger partial charge on any atom is -0.461 e. The number of anilines is 2. The van der Waals surface area contributed by atoms with E-state index in [-0.39, 0.29) is 68.9 Å². The van der Waals surface area contributed by atoms with Crippen LogP contribution in [-0.4, -0.2) is 96.5 Å². The fraction of sp³-hybridized carbons (Fsp3) is 0.562. The number of nitrogens with zero attached hydrogens (tertiary/aromatic N) is 6. The van der Waals surface area contributed by atoms with Gasteiger partial charge in [-0.3, -0.25) is 14.7 Å². The number of aromatic nitrogens is 2. The van der Waals surface area contributed by atoms with Gasteiger partial charge in [-0.05, 0) is 31.9 Å². The van der Waals surface area contributed by atoms with E-state index in [1.54, 1.807) is 4.90 Å². The van der Waals surface area contributed by atoms with Gasteiger partial charge in [-0.15, -0.1) is 0 Å². The molecule has 0 radical (unpaired) electrons. The molecule has 0 aliphatic carbocycles. The van der Waals surface area contributed by atoms with E-state index in [4.69, 9.17) is 32.5 Å². The smallest absolute Gasteiger partial charge is 0.418 e. The van der Waals surface area contributed by atoms with Gasteiger partial charge in [0.25, 0.3) is 5.91 Å². The van der Waals surface area contributed by atoms with Crippen molar-refractivity contribution < 1.29 is 40.6 Å². The number of carbonyl (C=O) groups is 1. The van der Waals surface area contributed by atoms with Crippen molar-refractivity contribution in [2.75, 3.05) is 64.1 Å². The van der Waals surface area contributed by atoms with Crippen molar-refractivity contribution in [1.29, 1.82) is 0 Å². The predicted octanol–water partition coefficient (Wildman–Crippen LogP) is 4.52. The lowest BCUT2D eigenvalue weighted by atomic mass is 9.93. The first-order valence-corrected chi connectivity index (χ1v) is 16.5. The summed E-state index contributed by atoms with van der Waals surface area (Å²) in [5.41, 5.74) is 7.95. The molecule has 1 aromatic heterocycles. The highest BCUT2D eigenvalue weighted by Gasteiger charge is 2.49. The third-order valence-corrected chi connectivity index (χ3v) is 9.93. The summed E-state index contributed by atoms with van der Waals surface area (Å²) in [5.74, 6) is -2.84. The second-order valence-corrected chi connectivity index (χ2v) is 13.6. The van der Waals surface area contributed by atoms with E-state index in [0.29, 0.717) is 37.6 Å². The van der Waals surface area contributed by atoms with Gasteiger partial charge in [0.15, 0.2) is 11.6 Å². The van der Waals surface area contributed by atoms with Crippen LogP contribution in [0.25, 0.3) is 0 Å². The number of hydrogen-bond donors (Lipinski definition) is 2. The summed E-state index contributed by atoms with van der Waals surface area (Å²) >= 11 is 5.95. The maximum atomic E-state index is 15.6. The van der Waals surface area contributed by atoms with E-state index >= 15 is 8.78 Å². The molecule has 272 valence electrons. The van der Waals surface area contributed by atoms with Crippen LogP contribution in [0.1, 0.15) is 54.2 Å². The maximum Gasteiger partial charge on any atom is 0.418 e. The molecule has 1 unspecified atom stereocenters. The maximum absolute atomic E-state index is 15.6. The lowest BCUT2D eigenvalue weighted by Gasteiger charge is -2.33. The van der Waals surface area contributed by atoms with Crippen molar-refractivity contribution in [1.82, 2.24) is 19.8 Å². The first-order chi connectivity index (χ1) is 23.6. The van der Waals surface area contributed by atoms with E-state index in [9.17, 15) is 22.4 Å². The number of aliphatic imine (C=N–C) groups is 1. The molecule has 2 fully saturated rings. The van der Waals surface area contributed by atoms with E-state index in [2.05, 4.69) is 15.0 Å². The highest BCUT2D eigenvalue weighted by atomic mass is 35.5. The number of rotatable bonds is 7. The third-order valence-electron chi connectivity index (χ3n) is 9.63. The molecule has 0 bridgehead atoms.